The molecule has 1 aliphatic carbocycles. The van der Waals surface area contributed by atoms with Crippen molar-refractivity contribution < 1.29 is 24.2 Å². The van der Waals surface area contributed by atoms with Gasteiger partial charge in [0, 0.05) is 39.9 Å². The van der Waals surface area contributed by atoms with Crippen LogP contribution in [-0.4, -0.2) is 37.4 Å². The Morgan fingerprint density at radius 2 is 1.81 bits per heavy atom. The number of hydrogen-bond donors (Lipinski definition) is 1. The molecule has 1 unspecified atom stereocenters. The van der Waals surface area contributed by atoms with Crippen LogP contribution in [0.5, 0.6) is 0 Å². The Bertz CT molecular complexity index is 289. The van der Waals surface area contributed by atoms with E-state index in [0.717, 1.165) is 38.0 Å². The van der Waals surface area contributed by atoms with E-state index in [1.165, 1.54) is 0 Å². The fourth-order valence-corrected chi connectivity index (χ4v) is 2.19. The van der Waals surface area contributed by atoms with Gasteiger partial charge in [0.1, 0.15) is 5.78 Å². The van der Waals surface area contributed by atoms with E-state index in [2.05, 4.69) is 6.92 Å². The molecule has 1 atom stereocenters. The lowest BCUT2D eigenvalue weighted by atomic mass is 9.90. The molecule has 0 aromatic heterocycles. The van der Waals surface area contributed by atoms with Crippen LogP contribution in [0.15, 0.2) is 0 Å². The number of Topliss-reactive ketones (excluding diaryl/α,β-unsaturated/α-hetero) is 1. The largest absolute Gasteiger partial charge is 0.481 e. The predicted molar refractivity (Wildman–Crippen MR) is 81.1 cm³/mol. The highest BCUT2D eigenvalue weighted by atomic mass is 16.7. The summed E-state index contributed by atoms with van der Waals surface area (Å²) in [5.41, 5.74) is 0. The van der Waals surface area contributed by atoms with Gasteiger partial charge in [0.25, 0.3) is 0 Å². The van der Waals surface area contributed by atoms with Crippen LogP contribution in [0.2, 0.25) is 0 Å². The molecule has 1 rings (SSSR count). The van der Waals surface area contributed by atoms with Gasteiger partial charge in [0.2, 0.25) is 0 Å². The number of methoxy groups -OCH3 is 2. The highest BCUT2D eigenvalue weighted by Gasteiger charge is 2.13. The van der Waals surface area contributed by atoms with E-state index < -0.39 is 5.97 Å². The zero-order valence-corrected chi connectivity index (χ0v) is 13.8. The fourth-order valence-electron chi connectivity index (χ4n) is 2.19. The molecule has 0 heterocycles. The summed E-state index contributed by atoms with van der Waals surface area (Å²) in [6.07, 6.45) is 5.31. The topological polar surface area (TPSA) is 72.8 Å². The van der Waals surface area contributed by atoms with Gasteiger partial charge in [-0.1, -0.05) is 13.8 Å². The molecule has 0 aliphatic heterocycles. The van der Waals surface area contributed by atoms with Crippen LogP contribution in [0.25, 0.3) is 0 Å². The molecule has 1 fully saturated rings. The monoisotopic (exact) mass is 302 g/mol. The van der Waals surface area contributed by atoms with Gasteiger partial charge in [-0.2, -0.15) is 0 Å². The van der Waals surface area contributed by atoms with E-state index in [1.54, 1.807) is 14.2 Å². The first-order valence-electron chi connectivity index (χ1n) is 7.68. The van der Waals surface area contributed by atoms with Gasteiger partial charge in [-0.25, -0.2) is 0 Å². The number of aliphatic carboxylic acids is 1. The lowest BCUT2D eigenvalue weighted by Gasteiger charge is -2.17. The Morgan fingerprint density at radius 3 is 2.19 bits per heavy atom. The summed E-state index contributed by atoms with van der Waals surface area (Å²) in [7, 11) is 3.16. The average molecular weight is 302 g/mol. The quantitative estimate of drug-likeness (QED) is 0.731. The van der Waals surface area contributed by atoms with E-state index in [9.17, 15) is 9.59 Å². The summed E-state index contributed by atoms with van der Waals surface area (Å²) in [4.78, 5) is 20.9. The molecule has 0 bridgehead atoms. The van der Waals surface area contributed by atoms with Gasteiger partial charge >= 0.3 is 5.97 Å². The van der Waals surface area contributed by atoms with Crippen LogP contribution in [-0.2, 0) is 19.1 Å². The van der Waals surface area contributed by atoms with Crippen molar-refractivity contribution in [1.29, 1.82) is 0 Å². The van der Waals surface area contributed by atoms with Crippen LogP contribution in [0.3, 0.4) is 0 Å². The van der Waals surface area contributed by atoms with E-state index in [4.69, 9.17) is 14.6 Å². The average Bonchev–Trinajstić information content (AvgIpc) is 2.46. The molecule has 21 heavy (non-hydrogen) atoms. The maximum Gasteiger partial charge on any atom is 0.303 e. The van der Waals surface area contributed by atoms with E-state index in [0.29, 0.717) is 18.1 Å². The third-order valence-corrected chi connectivity index (χ3v) is 3.80. The van der Waals surface area contributed by atoms with Crippen LogP contribution >= 0.6 is 0 Å². The minimum atomic E-state index is -0.752. The lowest BCUT2D eigenvalue weighted by molar-refractivity contribution is -0.138. The minimum absolute atomic E-state index is 0.210. The summed E-state index contributed by atoms with van der Waals surface area (Å²) in [5.74, 6) is 0.815. The summed E-state index contributed by atoms with van der Waals surface area (Å²) in [6.45, 7) is 4.21. The molecular weight excluding hydrogens is 272 g/mol. The standard InChI is InChI=1S/C9H18O4.C7H12O/c1-7(4-5-8(10)11)6-9(12-2)13-3;1-6-2-4-7(8)5-3-6/h7,9H,4-6H2,1-3H3,(H,10,11);6H,2-5H2,1H3. The van der Waals surface area contributed by atoms with Crippen molar-refractivity contribution in [3.63, 3.8) is 0 Å². The molecule has 5 nitrogen and oxygen atoms in total. The summed E-state index contributed by atoms with van der Waals surface area (Å²) in [6, 6.07) is 0. The van der Waals surface area contributed by atoms with Crippen molar-refractivity contribution in [3.05, 3.63) is 0 Å². The first-order chi connectivity index (χ1) is 9.88. The van der Waals surface area contributed by atoms with Gasteiger partial charge in [0.05, 0.1) is 0 Å². The van der Waals surface area contributed by atoms with Gasteiger partial charge in [-0.15, -0.1) is 0 Å². The summed E-state index contributed by atoms with van der Waals surface area (Å²) >= 11 is 0. The Hall–Kier alpha value is -0.940. The predicted octanol–water partition coefficient (Wildman–Crippen LogP) is 3.26. The molecule has 0 spiro atoms. The minimum Gasteiger partial charge on any atom is -0.481 e. The summed E-state index contributed by atoms with van der Waals surface area (Å²) < 4.78 is 10.0. The number of hydrogen-bond acceptors (Lipinski definition) is 4. The molecule has 1 N–H and O–H groups in total. The van der Waals surface area contributed by atoms with Crippen molar-refractivity contribution >= 4 is 11.8 Å². The maximum atomic E-state index is 10.6. The number of carboxylic acid groups (broad SMARTS) is 1. The zero-order valence-electron chi connectivity index (χ0n) is 13.8. The lowest BCUT2D eigenvalue weighted by Crippen LogP contribution is -2.17. The van der Waals surface area contributed by atoms with E-state index in [-0.39, 0.29) is 12.7 Å². The molecular formula is C16H30O5. The SMILES string of the molecule is CC1CCC(=O)CC1.COC(CC(C)CCC(=O)O)OC. The molecule has 0 amide bonds. The molecule has 1 saturated carbocycles. The Morgan fingerprint density at radius 1 is 1.29 bits per heavy atom. The number of ketones is 1. The molecule has 0 saturated heterocycles. The summed E-state index contributed by atoms with van der Waals surface area (Å²) in [5, 5.41) is 8.45. The second kappa shape index (κ2) is 11.7. The second-order valence-electron chi connectivity index (χ2n) is 5.90. The smallest absolute Gasteiger partial charge is 0.303 e. The van der Waals surface area contributed by atoms with Crippen LogP contribution in [0, 0.1) is 11.8 Å². The normalized spacial score (nSPS) is 17.3. The van der Waals surface area contributed by atoms with Crippen molar-refractivity contribution in [2.75, 3.05) is 14.2 Å². The van der Waals surface area contributed by atoms with E-state index in [1.807, 2.05) is 6.92 Å². The van der Waals surface area contributed by atoms with Crippen LogP contribution in [0.1, 0.15) is 58.8 Å². The van der Waals surface area contributed by atoms with Gasteiger partial charge in [-0.3, -0.25) is 9.59 Å². The highest BCUT2D eigenvalue weighted by molar-refractivity contribution is 5.78. The number of carbonyl (C=O) groups excluding carboxylic acids is 1. The molecule has 124 valence electrons. The van der Waals surface area contributed by atoms with Gasteiger partial charge in [0.15, 0.2) is 6.29 Å². The van der Waals surface area contributed by atoms with Gasteiger partial charge < -0.3 is 14.6 Å². The zero-order chi connectivity index (χ0) is 16.3. The first-order valence-corrected chi connectivity index (χ1v) is 7.68. The Kier molecular flexibility index (Phi) is 11.2. The number of carbonyl (C=O) groups is 2. The third-order valence-electron chi connectivity index (χ3n) is 3.80. The van der Waals surface area contributed by atoms with Crippen LogP contribution in [0.4, 0.5) is 0 Å². The second-order valence-corrected chi connectivity index (χ2v) is 5.90. The highest BCUT2D eigenvalue weighted by Crippen LogP contribution is 2.19. The molecule has 0 aromatic rings. The van der Waals surface area contributed by atoms with Crippen molar-refractivity contribution in [2.24, 2.45) is 11.8 Å². The van der Waals surface area contributed by atoms with Crippen molar-refractivity contribution in [3.8, 4) is 0 Å². The Labute approximate surface area is 128 Å². The van der Waals surface area contributed by atoms with Crippen LogP contribution < -0.4 is 0 Å². The van der Waals surface area contributed by atoms with E-state index >= 15 is 0 Å². The third kappa shape index (κ3) is 11.4. The Balaban J connectivity index is 0.000000423. The number of carboxylic acids is 1. The number of ether oxygens (including phenoxy) is 2. The molecule has 0 radical (unpaired) electrons. The molecule has 5 heteroatoms. The maximum absolute atomic E-state index is 10.6. The first kappa shape index (κ1) is 20.1. The van der Waals surface area contributed by atoms with Crippen molar-refractivity contribution in [1.82, 2.24) is 0 Å². The molecule has 0 aromatic carbocycles. The fraction of sp³-hybridized carbons (Fsp3) is 0.875. The van der Waals surface area contributed by atoms with Crippen molar-refractivity contribution in [2.45, 2.75) is 65.1 Å². The van der Waals surface area contributed by atoms with Gasteiger partial charge in [-0.05, 0) is 31.1 Å². The number of rotatable bonds is 7. The molecule has 1 aliphatic rings.